The van der Waals surface area contributed by atoms with Gasteiger partial charge in [0.2, 0.25) is 0 Å². The van der Waals surface area contributed by atoms with E-state index >= 15 is 0 Å². The number of aromatic nitrogens is 2. The highest BCUT2D eigenvalue weighted by molar-refractivity contribution is 6.04. The van der Waals surface area contributed by atoms with Crippen LogP contribution in [0.5, 0.6) is 11.5 Å². The first kappa shape index (κ1) is 23.5. The van der Waals surface area contributed by atoms with Crippen LogP contribution in [0.4, 0.5) is 11.5 Å². The molecular formula is C27H32N4O3. The maximum absolute atomic E-state index is 12.8. The number of benzene rings is 2. The summed E-state index contributed by atoms with van der Waals surface area (Å²) in [6.07, 6.45) is 2.39. The van der Waals surface area contributed by atoms with Crippen LogP contribution in [0.15, 0.2) is 54.6 Å². The first-order chi connectivity index (χ1) is 16.6. The van der Waals surface area contributed by atoms with E-state index in [0.717, 1.165) is 36.1 Å². The summed E-state index contributed by atoms with van der Waals surface area (Å²) in [6.45, 7) is 9.20. The summed E-state index contributed by atoms with van der Waals surface area (Å²) in [5.41, 5.74) is 2.96. The highest BCUT2D eigenvalue weighted by atomic mass is 16.5. The molecule has 1 N–H and O–H groups in total. The number of carbonyl (C=O) groups is 1. The lowest BCUT2D eigenvalue weighted by atomic mass is 9.99. The Morgan fingerprint density at radius 1 is 0.941 bits per heavy atom. The molecule has 34 heavy (non-hydrogen) atoms. The normalized spacial score (nSPS) is 14.0. The molecule has 0 bridgehead atoms. The van der Waals surface area contributed by atoms with Crippen molar-refractivity contribution in [2.75, 3.05) is 36.5 Å². The van der Waals surface area contributed by atoms with Crippen LogP contribution in [0, 0.1) is 5.92 Å². The van der Waals surface area contributed by atoms with Crippen LogP contribution in [0.25, 0.3) is 11.3 Å². The average molecular weight is 461 g/mol. The first-order valence-electron chi connectivity index (χ1n) is 12.0. The van der Waals surface area contributed by atoms with E-state index in [1.54, 1.807) is 18.2 Å². The molecule has 0 radical (unpaired) electrons. The lowest BCUT2D eigenvalue weighted by molar-refractivity contribution is 0.102. The van der Waals surface area contributed by atoms with E-state index in [9.17, 15) is 4.79 Å². The summed E-state index contributed by atoms with van der Waals surface area (Å²) in [7, 11) is 0. The number of piperidine rings is 1. The third-order valence-electron chi connectivity index (χ3n) is 6.00. The molecule has 1 aromatic heterocycles. The summed E-state index contributed by atoms with van der Waals surface area (Å²) >= 11 is 0. The third-order valence-corrected chi connectivity index (χ3v) is 6.00. The van der Waals surface area contributed by atoms with Crippen molar-refractivity contribution in [3.8, 4) is 22.8 Å². The molecule has 2 aromatic carbocycles. The van der Waals surface area contributed by atoms with Crippen LogP contribution < -0.4 is 19.7 Å². The van der Waals surface area contributed by atoms with Crippen molar-refractivity contribution in [3.05, 3.63) is 60.2 Å². The summed E-state index contributed by atoms with van der Waals surface area (Å²) in [5, 5.41) is 11.8. The number of carbonyl (C=O) groups excluding carboxylic acids is 1. The van der Waals surface area contributed by atoms with Crippen molar-refractivity contribution in [2.24, 2.45) is 5.92 Å². The van der Waals surface area contributed by atoms with Gasteiger partial charge in [-0.2, -0.15) is 0 Å². The smallest absolute Gasteiger partial charge is 0.255 e. The van der Waals surface area contributed by atoms with Gasteiger partial charge in [0, 0.05) is 29.9 Å². The van der Waals surface area contributed by atoms with E-state index in [0.29, 0.717) is 36.0 Å². The number of amides is 1. The maximum atomic E-state index is 12.8. The molecule has 1 amide bonds. The maximum Gasteiger partial charge on any atom is 0.255 e. The standard InChI is InChI=1S/C27H32N4O3/c1-4-33-24-12-8-21(18-25(24)34-5-2)27(32)28-22-9-6-20(7-10-22)23-11-13-26(30-29-23)31-16-14-19(3)15-17-31/h6-13,18-19H,4-5,14-17H2,1-3H3,(H,28,32). The monoisotopic (exact) mass is 460 g/mol. The van der Waals surface area contributed by atoms with Gasteiger partial charge in [0.25, 0.3) is 5.91 Å². The molecule has 2 heterocycles. The van der Waals surface area contributed by atoms with E-state index in [-0.39, 0.29) is 5.91 Å². The molecule has 7 heteroatoms. The number of rotatable bonds is 8. The predicted molar refractivity (Wildman–Crippen MR) is 135 cm³/mol. The van der Waals surface area contributed by atoms with Gasteiger partial charge in [0.1, 0.15) is 0 Å². The minimum Gasteiger partial charge on any atom is -0.490 e. The van der Waals surface area contributed by atoms with Crippen LogP contribution in [-0.2, 0) is 0 Å². The Labute approximate surface area is 201 Å². The van der Waals surface area contributed by atoms with Gasteiger partial charge in [0.05, 0.1) is 18.9 Å². The number of hydrogen-bond acceptors (Lipinski definition) is 6. The molecule has 0 atom stereocenters. The highest BCUT2D eigenvalue weighted by Crippen LogP contribution is 2.29. The number of ether oxygens (including phenoxy) is 2. The Hall–Kier alpha value is -3.61. The fourth-order valence-electron chi connectivity index (χ4n) is 4.01. The van der Waals surface area contributed by atoms with Crippen molar-refractivity contribution < 1.29 is 14.3 Å². The van der Waals surface area contributed by atoms with E-state index in [1.807, 2.05) is 50.2 Å². The minimum atomic E-state index is -0.211. The molecule has 7 nitrogen and oxygen atoms in total. The Morgan fingerprint density at radius 3 is 2.29 bits per heavy atom. The van der Waals surface area contributed by atoms with Crippen LogP contribution in [-0.4, -0.2) is 42.4 Å². The molecule has 178 valence electrons. The van der Waals surface area contributed by atoms with Gasteiger partial charge >= 0.3 is 0 Å². The lowest BCUT2D eigenvalue weighted by Crippen LogP contribution is -2.33. The molecule has 1 fully saturated rings. The van der Waals surface area contributed by atoms with Gasteiger partial charge in [0.15, 0.2) is 17.3 Å². The second-order valence-corrected chi connectivity index (χ2v) is 8.51. The van der Waals surface area contributed by atoms with E-state index in [2.05, 4.69) is 27.3 Å². The van der Waals surface area contributed by atoms with E-state index < -0.39 is 0 Å². The highest BCUT2D eigenvalue weighted by Gasteiger charge is 2.17. The number of nitrogens with one attached hydrogen (secondary N) is 1. The minimum absolute atomic E-state index is 0.211. The average Bonchev–Trinajstić information content (AvgIpc) is 2.86. The van der Waals surface area contributed by atoms with E-state index in [4.69, 9.17) is 9.47 Å². The van der Waals surface area contributed by atoms with Gasteiger partial charge < -0.3 is 19.7 Å². The molecule has 3 aromatic rings. The van der Waals surface area contributed by atoms with Gasteiger partial charge in [-0.15, -0.1) is 10.2 Å². The molecule has 1 aliphatic heterocycles. The van der Waals surface area contributed by atoms with Crippen molar-refractivity contribution in [3.63, 3.8) is 0 Å². The van der Waals surface area contributed by atoms with Gasteiger partial charge in [-0.25, -0.2) is 0 Å². The van der Waals surface area contributed by atoms with Crippen molar-refractivity contribution in [2.45, 2.75) is 33.6 Å². The molecule has 1 aliphatic rings. The first-order valence-corrected chi connectivity index (χ1v) is 12.0. The Balaban J connectivity index is 1.41. The lowest BCUT2D eigenvalue weighted by Gasteiger charge is -2.30. The largest absolute Gasteiger partial charge is 0.490 e. The quantitative estimate of drug-likeness (QED) is 0.483. The van der Waals surface area contributed by atoms with Crippen LogP contribution >= 0.6 is 0 Å². The Bertz CT molecular complexity index is 1090. The SMILES string of the molecule is CCOc1ccc(C(=O)Nc2ccc(-c3ccc(N4CCC(C)CC4)nn3)cc2)cc1OCC. The zero-order valence-corrected chi connectivity index (χ0v) is 20.1. The molecule has 0 aliphatic carbocycles. The van der Waals surface area contributed by atoms with Crippen LogP contribution in [0.2, 0.25) is 0 Å². The summed E-state index contributed by atoms with van der Waals surface area (Å²) in [4.78, 5) is 15.1. The zero-order chi connectivity index (χ0) is 23.9. The van der Waals surface area contributed by atoms with Gasteiger partial charge in [-0.3, -0.25) is 4.79 Å². The Kier molecular flexibility index (Phi) is 7.62. The van der Waals surface area contributed by atoms with Gasteiger partial charge in [-0.05, 0) is 75.1 Å². The number of anilines is 2. The summed E-state index contributed by atoms with van der Waals surface area (Å²) in [6, 6.07) is 16.9. The summed E-state index contributed by atoms with van der Waals surface area (Å²) in [5.74, 6) is 2.70. The number of hydrogen-bond donors (Lipinski definition) is 1. The molecule has 0 spiro atoms. The van der Waals surface area contributed by atoms with Gasteiger partial charge in [-0.1, -0.05) is 19.1 Å². The van der Waals surface area contributed by atoms with E-state index in [1.165, 1.54) is 12.8 Å². The fraction of sp³-hybridized carbons (Fsp3) is 0.370. The van der Waals surface area contributed by atoms with Crippen molar-refractivity contribution >= 4 is 17.4 Å². The fourth-order valence-corrected chi connectivity index (χ4v) is 4.01. The van der Waals surface area contributed by atoms with Crippen LogP contribution in [0.3, 0.4) is 0 Å². The molecule has 4 rings (SSSR count). The molecular weight excluding hydrogens is 428 g/mol. The molecule has 1 saturated heterocycles. The second kappa shape index (κ2) is 11.0. The van der Waals surface area contributed by atoms with Crippen LogP contribution in [0.1, 0.15) is 44.0 Å². The van der Waals surface area contributed by atoms with Crippen molar-refractivity contribution in [1.29, 1.82) is 0 Å². The zero-order valence-electron chi connectivity index (χ0n) is 20.1. The number of nitrogens with zero attached hydrogens (tertiary/aromatic N) is 3. The summed E-state index contributed by atoms with van der Waals surface area (Å²) < 4.78 is 11.2. The Morgan fingerprint density at radius 2 is 1.65 bits per heavy atom. The predicted octanol–water partition coefficient (Wildman–Crippen LogP) is 5.43. The molecule has 0 saturated carbocycles. The topological polar surface area (TPSA) is 76.6 Å². The molecule has 0 unspecified atom stereocenters. The van der Waals surface area contributed by atoms with Crippen molar-refractivity contribution in [1.82, 2.24) is 10.2 Å². The second-order valence-electron chi connectivity index (χ2n) is 8.51. The third kappa shape index (κ3) is 5.65.